The van der Waals surface area contributed by atoms with Gasteiger partial charge in [-0.05, 0) is 25.0 Å². The lowest BCUT2D eigenvalue weighted by molar-refractivity contribution is -0.132. The summed E-state index contributed by atoms with van der Waals surface area (Å²) in [4.78, 5) is 26.3. The maximum atomic E-state index is 12.4. The van der Waals surface area contributed by atoms with E-state index in [4.69, 9.17) is 4.74 Å². The standard InChI is InChI=1S/C18H24N2O3/c1-20-14-10-6-7-11-15(14)23-16(18(20)22)12-17(21)19-13-8-4-2-3-5-9-13/h6-7,10-11,13,16H,2-5,8-9,12H2,1H3,(H,19,21). The highest BCUT2D eigenvalue weighted by molar-refractivity contribution is 6.01. The summed E-state index contributed by atoms with van der Waals surface area (Å²) in [6, 6.07) is 7.65. The third kappa shape index (κ3) is 3.66. The van der Waals surface area contributed by atoms with Crippen LogP contribution in [0.15, 0.2) is 24.3 Å². The number of hydrogen-bond donors (Lipinski definition) is 1. The Morgan fingerprint density at radius 3 is 2.65 bits per heavy atom. The number of hydrogen-bond acceptors (Lipinski definition) is 3. The van der Waals surface area contributed by atoms with Gasteiger partial charge in [-0.2, -0.15) is 0 Å². The van der Waals surface area contributed by atoms with Gasteiger partial charge in [-0.15, -0.1) is 0 Å². The number of anilines is 1. The smallest absolute Gasteiger partial charge is 0.268 e. The number of rotatable bonds is 3. The van der Waals surface area contributed by atoms with Crippen LogP contribution in [0.3, 0.4) is 0 Å². The van der Waals surface area contributed by atoms with Crippen LogP contribution < -0.4 is 15.0 Å². The van der Waals surface area contributed by atoms with Crippen molar-refractivity contribution in [3.63, 3.8) is 0 Å². The van der Waals surface area contributed by atoms with Crippen molar-refractivity contribution in [2.75, 3.05) is 11.9 Å². The van der Waals surface area contributed by atoms with Crippen LogP contribution in [0.2, 0.25) is 0 Å². The molecule has 1 heterocycles. The van der Waals surface area contributed by atoms with E-state index in [0.717, 1.165) is 18.5 Å². The lowest BCUT2D eigenvalue weighted by Gasteiger charge is -2.31. The number of benzene rings is 1. The summed E-state index contributed by atoms with van der Waals surface area (Å²) in [5.74, 6) is 0.393. The van der Waals surface area contributed by atoms with Crippen LogP contribution in [0.5, 0.6) is 5.75 Å². The molecule has 2 amide bonds. The third-order valence-electron chi connectivity index (χ3n) is 4.69. The van der Waals surface area contributed by atoms with Crippen LogP contribution in [0, 0.1) is 0 Å². The topological polar surface area (TPSA) is 58.6 Å². The molecule has 1 fully saturated rings. The fourth-order valence-electron chi connectivity index (χ4n) is 3.38. The molecule has 124 valence electrons. The van der Waals surface area contributed by atoms with E-state index in [0.29, 0.717) is 5.75 Å². The Hall–Kier alpha value is -2.04. The number of amides is 2. The van der Waals surface area contributed by atoms with Gasteiger partial charge in [0, 0.05) is 13.1 Å². The van der Waals surface area contributed by atoms with Crippen molar-refractivity contribution in [2.45, 2.75) is 57.1 Å². The predicted octanol–water partition coefficient (Wildman–Crippen LogP) is 2.64. The second kappa shape index (κ2) is 7.02. The largest absolute Gasteiger partial charge is 0.478 e. The highest BCUT2D eigenvalue weighted by atomic mass is 16.5. The van der Waals surface area contributed by atoms with Crippen molar-refractivity contribution < 1.29 is 14.3 Å². The lowest BCUT2D eigenvalue weighted by Crippen LogP contribution is -2.47. The first-order valence-electron chi connectivity index (χ1n) is 8.48. The maximum absolute atomic E-state index is 12.4. The van der Waals surface area contributed by atoms with Crippen molar-refractivity contribution in [3.05, 3.63) is 24.3 Å². The zero-order chi connectivity index (χ0) is 16.2. The highest BCUT2D eigenvalue weighted by Gasteiger charge is 2.33. The zero-order valence-corrected chi connectivity index (χ0v) is 13.6. The van der Waals surface area contributed by atoms with Gasteiger partial charge in [-0.1, -0.05) is 37.8 Å². The van der Waals surface area contributed by atoms with Crippen molar-refractivity contribution in [3.8, 4) is 5.75 Å². The van der Waals surface area contributed by atoms with E-state index in [-0.39, 0.29) is 24.3 Å². The highest BCUT2D eigenvalue weighted by Crippen LogP contribution is 2.33. The van der Waals surface area contributed by atoms with Crippen LogP contribution in [-0.2, 0) is 9.59 Å². The molecule has 1 unspecified atom stereocenters. The molecule has 23 heavy (non-hydrogen) atoms. The molecule has 2 aliphatic rings. The van der Waals surface area contributed by atoms with Crippen LogP contribution in [0.1, 0.15) is 44.9 Å². The Bertz CT molecular complexity index is 579. The van der Waals surface area contributed by atoms with Gasteiger partial charge in [-0.3, -0.25) is 9.59 Å². The van der Waals surface area contributed by atoms with Crippen molar-refractivity contribution in [1.29, 1.82) is 0 Å². The molecule has 0 bridgehead atoms. The number of nitrogens with zero attached hydrogens (tertiary/aromatic N) is 1. The van der Waals surface area contributed by atoms with Gasteiger partial charge < -0.3 is 15.0 Å². The SMILES string of the molecule is CN1C(=O)C(CC(=O)NC2CCCCCC2)Oc2ccccc21. The van der Waals surface area contributed by atoms with E-state index >= 15 is 0 Å². The monoisotopic (exact) mass is 316 g/mol. The quantitative estimate of drug-likeness (QED) is 0.872. The number of ether oxygens (including phenoxy) is 1. The zero-order valence-electron chi connectivity index (χ0n) is 13.6. The van der Waals surface area contributed by atoms with Crippen LogP contribution in [0.4, 0.5) is 5.69 Å². The molecule has 1 aromatic rings. The van der Waals surface area contributed by atoms with E-state index in [1.54, 1.807) is 11.9 Å². The van der Waals surface area contributed by atoms with E-state index < -0.39 is 6.10 Å². The van der Waals surface area contributed by atoms with E-state index in [2.05, 4.69) is 5.32 Å². The number of carbonyl (C=O) groups excluding carboxylic acids is 2. The number of likely N-dealkylation sites (N-methyl/N-ethyl adjacent to an activating group) is 1. The third-order valence-corrected chi connectivity index (χ3v) is 4.69. The average Bonchev–Trinajstić information content (AvgIpc) is 2.81. The number of nitrogens with one attached hydrogen (secondary N) is 1. The summed E-state index contributed by atoms with van der Waals surface area (Å²) in [5.41, 5.74) is 0.748. The van der Waals surface area contributed by atoms with E-state index in [1.165, 1.54) is 25.7 Å². The minimum Gasteiger partial charge on any atom is -0.478 e. The first-order valence-corrected chi connectivity index (χ1v) is 8.48. The molecule has 0 spiro atoms. The fourth-order valence-corrected chi connectivity index (χ4v) is 3.38. The summed E-state index contributed by atoms with van der Waals surface area (Å²) in [6.45, 7) is 0. The summed E-state index contributed by atoms with van der Waals surface area (Å²) >= 11 is 0. The Morgan fingerprint density at radius 1 is 1.22 bits per heavy atom. The second-order valence-corrected chi connectivity index (χ2v) is 6.43. The molecule has 0 aromatic heterocycles. The molecule has 5 nitrogen and oxygen atoms in total. The maximum Gasteiger partial charge on any atom is 0.268 e. The molecule has 1 atom stereocenters. The fraction of sp³-hybridized carbons (Fsp3) is 0.556. The number of para-hydroxylation sites is 2. The first kappa shape index (κ1) is 15.8. The van der Waals surface area contributed by atoms with Crippen LogP contribution in [-0.4, -0.2) is 31.0 Å². The number of carbonyl (C=O) groups is 2. The van der Waals surface area contributed by atoms with Gasteiger partial charge in [0.05, 0.1) is 12.1 Å². The molecule has 5 heteroatoms. The first-order chi connectivity index (χ1) is 11.1. The minimum atomic E-state index is -0.735. The summed E-state index contributed by atoms with van der Waals surface area (Å²) < 4.78 is 5.75. The Labute approximate surface area is 137 Å². The minimum absolute atomic E-state index is 0.0774. The molecule has 1 N–H and O–H groups in total. The molecule has 0 saturated heterocycles. The molecule has 3 rings (SSSR count). The van der Waals surface area contributed by atoms with Crippen LogP contribution >= 0.6 is 0 Å². The Balaban J connectivity index is 1.61. The average molecular weight is 316 g/mol. The van der Waals surface area contributed by atoms with Crippen molar-refractivity contribution >= 4 is 17.5 Å². The van der Waals surface area contributed by atoms with Gasteiger partial charge in [0.15, 0.2) is 6.10 Å². The Morgan fingerprint density at radius 2 is 1.91 bits per heavy atom. The van der Waals surface area contributed by atoms with Gasteiger partial charge >= 0.3 is 0 Å². The summed E-state index contributed by atoms with van der Waals surface area (Å²) in [7, 11) is 1.72. The molecule has 0 radical (unpaired) electrons. The lowest BCUT2D eigenvalue weighted by atomic mass is 10.1. The Kier molecular flexibility index (Phi) is 4.84. The van der Waals surface area contributed by atoms with Gasteiger partial charge in [0.1, 0.15) is 5.75 Å². The summed E-state index contributed by atoms with van der Waals surface area (Å²) in [6.07, 6.45) is 6.24. The van der Waals surface area contributed by atoms with E-state index in [9.17, 15) is 9.59 Å². The summed E-state index contributed by atoms with van der Waals surface area (Å²) in [5, 5.41) is 3.08. The molecule has 1 aromatic carbocycles. The molecule has 1 aliphatic heterocycles. The molecular formula is C18H24N2O3. The number of fused-ring (bicyclic) bond motifs is 1. The van der Waals surface area contributed by atoms with Gasteiger partial charge in [-0.25, -0.2) is 0 Å². The second-order valence-electron chi connectivity index (χ2n) is 6.43. The van der Waals surface area contributed by atoms with Crippen molar-refractivity contribution in [1.82, 2.24) is 5.32 Å². The van der Waals surface area contributed by atoms with Gasteiger partial charge in [0.25, 0.3) is 5.91 Å². The van der Waals surface area contributed by atoms with Crippen LogP contribution in [0.25, 0.3) is 0 Å². The normalized spacial score (nSPS) is 22.0. The van der Waals surface area contributed by atoms with E-state index in [1.807, 2.05) is 24.3 Å². The predicted molar refractivity (Wildman–Crippen MR) is 88.5 cm³/mol. The van der Waals surface area contributed by atoms with Gasteiger partial charge in [0.2, 0.25) is 5.91 Å². The molecule has 1 aliphatic carbocycles. The molecular weight excluding hydrogens is 292 g/mol. The molecule has 1 saturated carbocycles. The van der Waals surface area contributed by atoms with Crippen molar-refractivity contribution in [2.24, 2.45) is 0 Å².